The monoisotopic (exact) mass is 695 g/mol. The standard InChI is InChI=1S/C30H17Br2Cl2N3O3/c31-20-10-9-19(22(32)14-20)16-39-28-23(33)11-17(12-24(28)34)15-35-37-29(27-13-18-5-1-4-8-26(18)40-27)36-25-7-3-2-6-21(25)30(37)38/h1-15H,16H2. The van der Waals surface area contributed by atoms with Crippen LogP contribution in [0.1, 0.15) is 11.1 Å². The van der Waals surface area contributed by atoms with Crippen LogP contribution in [-0.4, -0.2) is 15.9 Å². The number of benzene rings is 4. The second kappa shape index (κ2) is 11.2. The van der Waals surface area contributed by atoms with Crippen LogP contribution in [0.3, 0.4) is 0 Å². The highest BCUT2D eigenvalue weighted by Crippen LogP contribution is 2.35. The van der Waals surface area contributed by atoms with Crippen LogP contribution >= 0.6 is 55.1 Å². The minimum absolute atomic E-state index is 0.264. The van der Waals surface area contributed by atoms with E-state index in [4.69, 9.17) is 37.3 Å². The Morgan fingerprint density at radius 3 is 2.48 bits per heavy atom. The molecule has 0 saturated heterocycles. The van der Waals surface area contributed by atoms with Crippen molar-refractivity contribution in [3.8, 4) is 17.3 Å². The number of hydrogen-bond donors (Lipinski definition) is 0. The first-order valence-corrected chi connectivity index (χ1v) is 14.3. The van der Waals surface area contributed by atoms with Gasteiger partial charge in [0.25, 0.3) is 5.56 Å². The molecule has 198 valence electrons. The number of aromatic nitrogens is 2. The lowest BCUT2D eigenvalue weighted by Gasteiger charge is -2.12. The van der Waals surface area contributed by atoms with Crippen LogP contribution in [0.4, 0.5) is 0 Å². The molecule has 0 bridgehead atoms. The van der Waals surface area contributed by atoms with Crippen molar-refractivity contribution in [2.75, 3.05) is 0 Å². The smallest absolute Gasteiger partial charge is 0.282 e. The van der Waals surface area contributed by atoms with E-state index < -0.39 is 0 Å². The van der Waals surface area contributed by atoms with Crippen LogP contribution in [-0.2, 0) is 6.61 Å². The van der Waals surface area contributed by atoms with E-state index in [2.05, 4.69) is 37.0 Å². The van der Waals surface area contributed by atoms with Gasteiger partial charge in [0, 0.05) is 19.9 Å². The van der Waals surface area contributed by atoms with Crippen LogP contribution in [0, 0.1) is 0 Å². The van der Waals surface area contributed by atoms with Gasteiger partial charge in [0.05, 0.1) is 27.2 Å². The summed E-state index contributed by atoms with van der Waals surface area (Å²) in [5.41, 5.74) is 2.39. The molecular formula is C30H17Br2Cl2N3O3. The second-order valence-corrected chi connectivity index (χ2v) is 11.4. The average Bonchev–Trinajstić information content (AvgIpc) is 3.37. The van der Waals surface area contributed by atoms with Crippen molar-refractivity contribution >= 4 is 83.1 Å². The third-order valence-corrected chi connectivity index (χ3v) is 7.92. The Kier molecular flexibility index (Phi) is 7.51. The molecule has 0 atom stereocenters. The first kappa shape index (κ1) is 26.8. The van der Waals surface area contributed by atoms with Gasteiger partial charge in [-0.3, -0.25) is 4.79 Å². The van der Waals surface area contributed by atoms with Crippen molar-refractivity contribution in [2.45, 2.75) is 6.61 Å². The number of halogens is 4. The average molecular weight is 698 g/mol. The van der Waals surface area contributed by atoms with E-state index in [0.29, 0.717) is 43.6 Å². The van der Waals surface area contributed by atoms with Crippen molar-refractivity contribution in [1.82, 2.24) is 9.66 Å². The van der Waals surface area contributed by atoms with Crippen molar-refractivity contribution in [3.05, 3.63) is 125 Å². The maximum atomic E-state index is 13.5. The quantitative estimate of drug-likeness (QED) is 0.163. The maximum Gasteiger partial charge on any atom is 0.282 e. The Labute approximate surface area is 255 Å². The summed E-state index contributed by atoms with van der Waals surface area (Å²) in [6, 6.07) is 25.7. The summed E-state index contributed by atoms with van der Waals surface area (Å²) >= 11 is 20.1. The summed E-state index contributed by atoms with van der Waals surface area (Å²) in [6.07, 6.45) is 1.50. The van der Waals surface area contributed by atoms with Crippen molar-refractivity contribution in [1.29, 1.82) is 0 Å². The van der Waals surface area contributed by atoms with E-state index in [1.165, 1.54) is 10.9 Å². The Hall–Kier alpha value is -3.43. The topological polar surface area (TPSA) is 69.6 Å². The van der Waals surface area contributed by atoms with E-state index in [9.17, 15) is 4.79 Å². The summed E-state index contributed by atoms with van der Waals surface area (Å²) in [4.78, 5) is 18.2. The molecule has 0 fully saturated rings. The van der Waals surface area contributed by atoms with Gasteiger partial charge in [-0.15, -0.1) is 0 Å². The molecular weight excluding hydrogens is 681 g/mol. The van der Waals surface area contributed by atoms with Gasteiger partial charge in [-0.2, -0.15) is 9.78 Å². The van der Waals surface area contributed by atoms with Gasteiger partial charge in [-0.05, 0) is 54.1 Å². The van der Waals surface area contributed by atoms with E-state index in [1.807, 2.05) is 54.6 Å². The summed E-state index contributed by atoms with van der Waals surface area (Å²) in [6.45, 7) is 0.264. The van der Waals surface area contributed by atoms with E-state index in [1.54, 1.807) is 30.3 Å². The Bertz CT molecular complexity index is 1950. The highest BCUT2D eigenvalue weighted by atomic mass is 79.9. The first-order chi connectivity index (χ1) is 19.4. The van der Waals surface area contributed by atoms with Crippen molar-refractivity contribution < 1.29 is 9.15 Å². The molecule has 0 saturated carbocycles. The SMILES string of the molecule is O=c1c2ccccc2nc(-c2cc3ccccc3o2)n1N=Cc1cc(Cl)c(OCc2ccc(Br)cc2Br)c(Cl)c1. The fourth-order valence-electron chi connectivity index (χ4n) is 4.19. The summed E-state index contributed by atoms with van der Waals surface area (Å²) in [5, 5.41) is 6.42. The number of furan rings is 1. The van der Waals surface area contributed by atoms with Gasteiger partial charge >= 0.3 is 0 Å². The summed E-state index contributed by atoms with van der Waals surface area (Å²) in [5.74, 6) is 1.04. The lowest BCUT2D eigenvalue weighted by molar-refractivity contribution is 0.306. The molecule has 10 heteroatoms. The van der Waals surface area contributed by atoms with Gasteiger partial charge in [-0.25, -0.2) is 4.98 Å². The fourth-order valence-corrected chi connectivity index (χ4v) is 5.96. The molecule has 0 aliphatic carbocycles. The van der Waals surface area contributed by atoms with Gasteiger partial charge in [0.2, 0.25) is 5.82 Å². The fraction of sp³-hybridized carbons (Fsp3) is 0.0333. The van der Waals surface area contributed by atoms with E-state index in [-0.39, 0.29) is 18.0 Å². The highest BCUT2D eigenvalue weighted by molar-refractivity contribution is 9.11. The molecule has 0 aliphatic rings. The maximum absolute atomic E-state index is 13.5. The zero-order chi connectivity index (χ0) is 27.8. The molecule has 0 amide bonds. The number of fused-ring (bicyclic) bond motifs is 2. The van der Waals surface area contributed by atoms with Gasteiger partial charge < -0.3 is 9.15 Å². The molecule has 0 unspecified atom stereocenters. The predicted molar refractivity (Wildman–Crippen MR) is 167 cm³/mol. The molecule has 4 aromatic carbocycles. The molecule has 0 aliphatic heterocycles. The molecule has 2 heterocycles. The third kappa shape index (κ3) is 5.32. The molecule has 6 nitrogen and oxygen atoms in total. The summed E-state index contributed by atoms with van der Waals surface area (Å²) < 4.78 is 15.0. The molecule has 0 N–H and O–H groups in total. The number of hydrogen-bond acceptors (Lipinski definition) is 5. The Balaban J connectivity index is 1.36. The predicted octanol–water partition coefficient (Wildman–Crippen LogP) is 9.10. The van der Waals surface area contributed by atoms with Crippen LogP contribution in [0.5, 0.6) is 5.75 Å². The number of para-hydroxylation sites is 2. The normalized spacial score (nSPS) is 11.6. The molecule has 0 spiro atoms. The Morgan fingerprint density at radius 1 is 0.950 bits per heavy atom. The third-order valence-electron chi connectivity index (χ3n) is 6.13. The lowest BCUT2D eigenvalue weighted by Crippen LogP contribution is -2.20. The van der Waals surface area contributed by atoms with Gasteiger partial charge in [0.15, 0.2) is 11.5 Å². The molecule has 2 aromatic heterocycles. The van der Waals surface area contributed by atoms with Crippen LogP contribution in [0.15, 0.2) is 108 Å². The second-order valence-electron chi connectivity index (χ2n) is 8.80. The van der Waals surface area contributed by atoms with E-state index in [0.717, 1.165) is 19.9 Å². The summed E-state index contributed by atoms with van der Waals surface area (Å²) in [7, 11) is 0. The van der Waals surface area contributed by atoms with Crippen LogP contribution < -0.4 is 10.3 Å². The van der Waals surface area contributed by atoms with E-state index >= 15 is 0 Å². The van der Waals surface area contributed by atoms with Crippen LogP contribution in [0.2, 0.25) is 10.0 Å². The molecule has 0 radical (unpaired) electrons. The minimum atomic E-state index is -0.338. The molecule has 6 rings (SSSR count). The van der Waals surface area contributed by atoms with Crippen molar-refractivity contribution in [2.24, 2.45) is 5.10 Å². The number of rotatable bonds is 6. The lowest BCUT2D eigenvalue weighted by atomic mass is 10.2. The van der Waals surface area contributed by atoms with Crippen LogP contribution in [0.25, 0.3) is 33.5 Å². The molecule has 6 aromatic rings. The zero-order valence-electron chi connectivity index (χ0n) is 20.4. The van der Waals surface area contributed by atoms with Gasteiger partial charge in [0.1, 0.15) is 12.2 Å². The largest absolute Gasteiger partial charge is 0.486 e. The highest BCUT2D eigenvalue weighted by Gasteiger charge is 2.17. The number of nitrogens with zero attached hydrogens (tertiary/aromatic N) is 3. The first-order valence-electron chi connectivity index (χ1n) is 12.0. The van der Waals surface area contributed by atoms with Gasteiger partial charge in [-0.1, -0.05) is 91.5 Å². The minimum Gasteiger partial charge on any atom is -0.486 e. The molecule has 40 heavy (non-hydrogen) atoms. The zero-order valence-corrected chi connectivity index (χ0v) is 25.1. The Morgan fingerprint density at radius 2 is 1.70 bits per heavy atom. The van der Waals surface area contributed by atoms with Crippen molar-refractivity contribution in [3.63, 3.8) is 0 Å². The number of ether oxygens (including phenoxy) is 1.